The van der Waals surface area contributed by atoms with Gasteiger partial charge < -0.3 is 5.32 Å². The number of aryl methyl sites for hydroxylation is 1. The van der Waals surface area contributed by atoms with E-state index in [0.717, 1.165) is 49.4 Å². The Kier molecular flexibility index (Phi) is 7.90. The van der Waals surface area contributed by atoms with E-state index < -0.39 is 12.2 Å². The minimum Gasteiger partial charge on any atom is -0.324 e. The number of carbonyl (C=O) groups is 1. The summed E-state index contributed by atoms with van der Waals surface area (Å²) in [4.78, 5) is 13.0. The molecule has 0 unspecified atom stereocenters. The zero-order valence-electron chi connectivity index (χ0n) is 18.3. The Balaban J connectivity index is 1.60. The Labute approximate surface area is 209 Å². The quantitative estimate of drug-likeness (QED) is 0.297. The maximum absolute atomic E-state index is 13.8. The van der Waals surface area contributed by atoms with Crippen LogP contribution in [0.2, 0.25) is 5.02 Å². The van der Waals surface area contributed by atoms with Crippen LogP contribution in [0.4, 0.5) is 14.5 Å². The molecule has 4 rings (SSSR count). The Bertz CT molecular complexity index is 1240. The van der Waals surface area contributed by atoms with Gasteiger partial charge in [0.05, 0.1) is 22.2 Å². The molecule has 0 aliphatic heterocycles. The first-order chi connectivity index (χ1) is 16.4. The second-order valence-corrected chi connectivity index (χ2v) is 9.79. The van der Waals surface area contributed by atoms with Crippen molar-refractivity contribution < 1.29 is 17.8 Å². The standard InChI is InChI=1S/C23H21ClF2N4O2S2/c1-2-13-7-10-19(16-6-4-3-5-15(13)16)30-22(21(25)26)28-29-23(30)33-12-20(31)27-18-9-8-14(34-32)11-17(18)24/h7-11,21H,2-6,12H2,1H3/p+1. The molecule has 0 fully saturated rings. The molecule has 1 heterocycles. The summed E-state index contributed by atoms with van der Waals surface area (Å²) in [5.41, 5.74) is 4.54. The fraction of sp³-hybridized carbons (Fsp3) is 0.348. The molecular weight excluding hydrogens is 502 g/mol. The van der Waals surface area contributed by atoms with Crippen molar-refractivity contribution in [2.75, 3.05) is 11.1 Å². The maximum Gasteiger partial charge on any atom is 0.505 e. The third-order valence-electron chi connectivity index (χ3n) is 5.73. The van der Waals surface area contributed by atoms with Crippen molar-refractivity contribution >= 4 is 46.6 Å². The minimum absolute atomic E-state index is 0.0784. The second kappa shape index (κ2) is 10.9. The number of benzene rings is 2. The molecule has 2 aromatic carbocycles. The number of anilines is 1. The third-order valence-corrected chi connectivity index (χ3v) is 7.41. The molecule has 1 aliphatic rings. The zero-order valence-corrected chi connectivity index (χ0v) is 20.7. The molecule has 3 aromatic rings. The molecular formula is C23H22ClF2N4O2S2+. The normalized spacial score (nSPS) is 13.1. The minimum atomic E-state index is -2.81. The lowest BCUT2D eigenvalue weighted by Gasteiger charge is -2.24. The van der Waals surface area contributed by atoms with Gasteiger partial charge in [0, 0.05) is 16.3 Å². The van der Waals surface area contributed by atoms with E-state index in [1.165, 1.54) is 21.8 Å². The number of hydrogen-bond donors (Lipinski definition) is 1. The van der Waals surface area contributed by atoms with Crippen LogP contribution >= 0.6 is 23.4 Å². The summed E-state index contributed by atoms with van der Waals surface area (Å²) in [6.07, 6.45) is 1.87. The molecule has 6 nitrogen and oxygen atoms in total. The van der Waals surface area contributed by atoms with Crippen molar-refractivity contribution in [2.24, 2.45) is 0 Å². The highest BCUT2D eigenvalue weighted by molar-refractivity contribution is 7.99. The highest BCUT2D eigenvalue weighted by Crippen LogP contribution is 2.35. The molecule has 1 N–H and O–H groups in total. The maximum atomic E-state index is 13.8. The summed E-state index contributed by atoms with van der Waals surface area (Å²) in [6.45, 7) is 2.09. The molecule has 34 heavy (non-hydrogen) atoms. The number of amides is 1. The Morgan fingerprint density at radius 2 is 1.97 bits per heavy atom. The highest BCUT2D eigenvalue weighted by atomic mass is 35.5. The van der Waals surface area contributed by atoms with Gasteiger partial charge in [-0.05, 0) is 60.9 Å². The molecule has 0 atom stereocenters. The van der Waals surface area contributed by atoms with Gasteiger partial charge in [-0.3, -0.25) is 9.36 Å². The second-order valence-electron chi connectivity index (χ2n) is 7.80. The highest BCUT2D eigenvalue weighted by Gasteiger charge is 2.26. The van der Waals surface area contributed by atoms with Crippen LogP contribution in [0, 0.1) is 0 Å². The van der Waals surface area contributed by atoms with Crippen molar-refractivity contribution in [1.29, 1.82) is 0 Å². The van der Waals surface area contributed by atoms with E-state index in [0.29, 0.717) is 27.9 Å². The first-order valence-corrected chi connectivity index (χ1v) is 12.9. The average molecular weight is 524 g/mol. The summed E-state index contributed by atoms with van der Waals surface area (Å²) >= 11 is 7.45. The van der Waals surface area contributed by atoms with Gasteiger partial charge in [0.2, 0.25) is 11.7 Å². The number of aromatic nitrogens is 3. The Hall–Kier alpha value is -2.43. The summed E-state index contributed by atoms with van der Waals surface area (Å²) < 4.78 is 40.0. The van der Waals surface area contributed by atoms with Gasteiger partial charge in [0.1, 0.15) is 0 Å². The Morgan fingerprint density at radius 1 is 1.21 bits per heavy atom. The van der Waals surface area contributed by atoms with Gasteiger partial charge in [0.25, 0.3) is 11.3 Å². The van der Waals surface area contributed by atoms with Gasteiger partial charge in [-0.15, -0.1) is 10.2 Å². The molecule has 1 aromatic heterocycles. The lowest BCUT2D eigenvalue weighted by Crippen LogP contribution is -2.16. The van der Waals surface area contributed by atoms with Crippen LogP contribution in [0.1, 0.15) is 48.7 Å². The van der Waals surface area contributed by atoms with E-state index in [2.05, 4.69) is 22.4 Å². The van der Waals surface area contributed by atoms with Crippen LogP contribution in [0.15, 0.2) is 40.4 Å². The fourth-order valence-corrected chi connectivity index (χ4v) is 5.51. The number of halogens is 3. The van der Waals surface area contributed by atoms with E-state index in [-0.39, 0.29) is 21.8 Å². The van der Waals surface area contributed by atoms with Crippen molar-refractivity contribution in [3.05, 3.63) is 57.9 Å². The predicted molar refractivity (Wildman–Crippen MR) is 129 cm³/mol. The Morgan fingerprint density at radius 3 is 2.65 bits per heavy atom. The van der Waals surface area contributed by atoms with E-state index in [1.807, 2.05) is 12.1 Å². The number of nitrogens with zero attached hydrogens (tertiary/aromatic N) is 3. The van der Waals surface area contributed by atoms with Gasteiger partial charge in [-0.2, -0.15) is 0 Å². The fourth-order valence-electron chi connectivity index (χ4n) is 4.17. The smallest absolute Gasteiger partial charge is 0.324 e. The van der Waals surface area contributed by atoms with Crippen LogP contribution in [0.3, 0.4) is 0 Å². The molecule has 0 saturated heterocycles. The molecule has 0 spiro atoms. The van der Waals surface area contributed by atoms with E-state index in [9.17, 15) is 17.8 Å². The molecule has 0 bridgehead atoms. The van der Waals surface area contributed by atoms with Crippen LogP contribution < -0.4 is 5.32 Å². The summed E-state index contributed by atoms with van der Waals surface area (Å²) in [6, 6.07) is 8.42. The van der Waals surface area contributed by atoms with E-state index in [1.54, 1.807) is 12.1 Å². The lowest BCUT2D eigenvalue weighted by molar-refractivity contribution is -0.113. The predicted octanol–water partition coefficient (Wildman–Crippen LogP) is 5.82. The van der Waals surface area contributed by atoms with Crippen LogP contribution in [0.5, 0.6) is 0 Å². The van der Waals surface area contributed by atoms with Crippen LogP contribution in [-0.4, -0.2) is 26.4 Å². The number of rotatable bonds is 8. The first kappa shape index (κ1) is 24.7. The summed E-state index contributed by atoms with van der Waals surface area (Å²) in [5, 5.41) is 10.9. The van der Waals surface area contributed by atoms with Gasteiger partial charge >= 0.3 is 11.7 Å². The van der Waals surface area contributed by atoms with Gasteiger partial charge in [0.15, 0.2) is 5.16 Å². The monoisotopic (exact) mass is 523 g/mol. The molecule has 0 saturated carbocycles. The number of carbonyl (C=O) groups excluding carboxylic acids is 1. The summed E-state index contributed by atoms with van der Waals surface area (Å²) in [7, 11) is 0. The van der Waals surface area contributed by atoms with Crippen molar-refractivity contribution in [3.8, 4) is 5.69 Å². The summed E-state index contributed by atoms with van der Waals surface area (Å²) in [5.74, 6) is -0.898. The number of thioether (sulfide) groups is 1. The molecule has 0 radical (unpaired) electrons. The molecule has 11 heteroatoms. The number of hydrogen-bond acceptors (Lipinski definition) is 5. The van der Waals surface area contributed by atoms with Crippen LogP contribution in [-0.2, 0) is 39.9 Å². The van der Waals surface area contributed by atoms with E-state index >= 15 is 0 Å². The average Bonchev–Trinajstić information content (AvgIpc) is 3.27. The van der Waals surface area contributed by atoms with Gasteiger partial charge in [-0.25, -0.2) is 8.78 Å². The largest absolute Gasteiger partial charge is 0.505 e. The molecule has 178 valence electrons. The SMILES string of the molecule is CCc1ccc(-n2c(SCC(=O)Nc3ccc([S+]=O)cc3Cl)nnc2C(F)F)c2c1CCCC2. The van der Waals surface area contributed by atoms with Crippen molar-refractivity contribution in [1.82, 2.24) is 14.8 Å². The number of alkyl halides is 2. The number of nitrogens with one attached hydrogen (secondary N) is 1. The molecule has 1 aliphatic carbocycles. The third kappa shape index (κ3) is 5.13. The number of fused-ring (bicyclic) bond motifs is 1. The van der Waals surface area contributed by atoms with Crippen molar-refractivity contribution in [3.63, 3.8) is 0 Å². The zero-order chi connectivity index (χ0) is 24.2. The molecule has 1 amide bonds. The van der Waals surface area contributed by atoms with E-state index in [4.69, 9.17) is 11.6 Å². The lowest BCUT2D eigenvalue weighted by atomic mass is 9.86. The van der Waals surface area contributed by atoms with Crippen molar-refractivity contribution in [2.45, 2.75) is 55.5 Å². The topological polar surface area (TPSA) is 76.9 Å². The van der Waals surface area contributed by atoms with Gasteiger partial charge in [-0.1, -0.05) is 36.4 Å². The first-order valence-electron chi connectivity index (χ1n) is 10.8. The van der Waals surface area contributed by atoms with Crippen LogP contribution in [0.25, 0.3) is 5.69 Å².